The predicted molar refractivity (Wildman–Crippen MR) is 52.5 cm³/mol. The zero-order chi connectivity index (χ0) is 11.8. The minimum atomic E-state index is -0.594. The van der Waals surface area contributed by atoms with Crippen molar-refractivity contribution in [3.05, 3.63) is 0 Å². The Hall–Kier alpha value is 1.02. The Kier molecular flexibility index (Phi) is 13.5. The van der Waals surface area contributed by atoms with E-state index in [-0.39, 0.29) is 89.1 Å². The molecule has 0 heterocycles. The molecule has 16 heavy (non-hydrogen) atoms. The van der Waals surface area contributed by atoms with Crippen LogP contribution in [0.1, 0.15) is 12.8 Å². The molecule has 2 atom stereocenters. The van der Waals surface area contributed by atoms with Gasteiger partial charge >= 0.3 is 133 Å². The third-order valence-corrected chi connectivity index (χ3v) is 4.67. The van der Waals surface area contributed by atoms with Gasteiger partial charge in [-0.15, -0.1) is 4.48 Å². The van der Waals surface area contributed by atoms with Crippen molar-refractivity contribution in [2.45, 2.75) is 29.0 Å². The second-order valence-corrected chi connectivity index (χ2v) is 5.52. The molecule has 0 aliphatic heterocycles. The molecule has 0 spiro atoms. The Labute approximate surface area is 142 Å². The average molecular weight is 321 g/mol. The molecule has 0 bridgehead atoms. The summed E-state index contributed by atoms with van der Waals surface area (Å²) in [5.74, 6) is 3.03. The molecule has 1 rings (SSSR count). The number of ketones is 2. The van der Waals surface area contributed by atoms with Crippen LogP contribution in [-0.2, 0) is 14.4 Å². The van der Waals surface area contributed by atoms with Gasteiger partial charge in [-0.3, -0.25) is 0 Å². The van der Waals surface area contributed by atoms with E-state index in [2.05, 4.69) is 5.96 Å². The van der Waals surface area contributed by atoms with Crippen LogP contribution in [0.4, 0.5) is 4.48 Å². The van der Waals surface area contributed by atoms with E-state index in [4.69, 9.17) is 10.2 Å². The number of halogens is 1. The molecule has 1 saturated carbocycles. The number of Topliss-reactive ketones (excluding diaryl/α,β-unsaturated/α-hetero) is 2. The van der Waals surface area contributed by atoms with Crippen LogP contribution in [0.15, 0.2) is 0 Å². The summed E-state index contributed by atoms with van der Waals surface area (Å²) in [7, 11) is 0. The molecule has 1 fully saturated rings. The third-order valence-electron chi connectivity index (χ3n) is 1.77. The summed E-state index contributed by atoms with van der Waals surface area (Å²) in [6, 6.07) is -0.594. The van der Waals surface area contributed by atoms with Gasteiger partial charge < -0.3 is 0 Å². The van der Waals surface area contributed by atoms with Gasteiger partial charge in [0.2, 0.25) is 0 Å². The van der Waals surface area contributed by atoms with E-state index in [0.29, 0.717) is 11.7 Å². The maximum Gasteiger partial charge on any atom is 1.00 e. The Morgan fingerprint density at radius 3 is 2.44 bits per heavy atom. The molecule has 0 aromatic carbocycles. The molecule has 1 aliphatic rings. The van der Waals surface area contributed by atoms with E-state index in [0.717, 1.165) is 0 Å². The topological polar surface area (TPSA) is 103 Å². The van der Waals surface area contributed by atoms with E-state index >= 15 is 0 Å². The van der Waals surface area contributed by atoms with Crippen molar-refractivity contribution in [2.24, 2.45) is 11.7 Å². The molecule has 0 amide bonds. The quantitative estimate of drug-likeness (QED) is 0.238. The van der Waals surface area contributed by atoms with E-state index in [1.54, 1.807) is 6.29 Å². The summed E-state index contributed by atoms with van der Waals surface area (Å²) in [4.78, 5) is 31.9. The molecule has 4 N–H and O–H groups in total. The standard InChI is InChI=1S/C8H10NO3Se.FH2N.K/c9-5(3-10)4-13-8-2-6(11)1-7(8)12;1-2;/h5,8H,1-2,4,9H2;2H2;/q-1;;+1/t5-,8?;;/m1../s1. The zero-order valence-corrected chi connectivity index (χ0v) is 13.8. The maximum absolute atomic E-state index is 11.1. The molecular formula is C8H12FKN2O3Se. The van der Waals surface area contributed by atoms with Crippen molar-refractivity contribution < 1.29 is 70.2 Å². The van der Waals surface area contributed by atoms with Gasteiger partial charge in [0, 0.05) is 0 Å². The fourth-order valence-corrected chi connectivity index (χ4v) is 3.37. The Balaban J connectivity index is 0. The predicted octanol–water partition coefficient (Wildman–Crippen LogP) is -3.90. The van der Waals surface area contributed by atoms with Gasteiger partial charge in [0.05, 0.1) is 0 Å². The first kappa shape index (κ1) is 19.4. The number of hydrogen-bond acceptors (Lipinski definition) is 5. The van der Waals surface area contributed by atoms with Crippen LogP contribution in [-0.4, -0.2) is 38.9 Å². The Morgan fingerprint density at radius 2 is 2.06 bits per heavy atom. The SMILES string of the molecule is NF.N[C@H]([C-]=O)C[Se]C1CC(=O)CC1=O.[K+]. The van der Waals surface area contributed by atoms with Crippen molar-refractivity contribution in [3.63, 3.8) is 0 Å². The Bertz CT molecular complexity index is 255. The maximum atomic E-state index is 11.1. The molecule has 5 nitrogen and oxygen atoms in total. The molecular weight excluding hydrogens is 309 g/mol. The van der Waals surface area contributed by atoms with Crippen LogP contribution < -0.4 is 63.1 Å². The molecule has 86 valence electrons. The minimum absolute atomic E-state index is 0. The molecule has 1 aliphatic carbocycles. The van der Waals surface area contributed by atoms with Gasteiger partial charge in [0.15, 0.2) is 0 Å². The van der Waals surface area contributed by atoms with Crippen molar-refractivity contribution >= 4 is 32.8 Å². The molecule has 0 aromatic heterocycles. The van der Waals surface area contributed by atoms with E-state index in [1.165, 1.54) is 0 Å². The number of rotatable bonds is 4. The van der Waals surface area contributed by atoms with Crippen molar-refractivity contribution in [1.82, 2.24) is 0 Å². The fraction of sp³-hybridized carbons (Fsp3) is 0.625. The van der Waals surface area contributed by atoms with E-state index in [1.807, 2.05) is 0 Å². The molecule has 0 saturated heterocycles. The summed E-state index contributed by atoms with van der Waals surface area (Å²) >= 11 is -0.0277. The van der Waals surface area contributed by atoms with Crippen LogP contribution in [0, 0.1) is 0 Å². The van der Waals surface area contributed by atoms with Gasteiger partial charge in [0.25, 0.3) is 0 Å². The normalized spacial score (nSPS) is 20.6. The van der Waals surface area contributed by atoms with Crippen LogP contribution in [0.3, 0.4) is 0 Å². The average Bonchev–Trinajstić information content (AvgIpc) is 2.57. The number of carbonyl (C=O) groups excluding carboxylic acids is 3. The minimum Gasteiger partial charge on any atom is 1.00 e. The number of carbonyl (C=O) groups is 2. The molecule has 0 aromatic rings. The van der Waals surface area contributed by atoms with Gasteiger partial charge in [0.1, 0.15) is 0 Å². The van der Waals surface area contributed by atoms with Crippen LogP contribution in [0.5, 0.6) is 0 Å². The van der Waals surface area contributed by atoms with Crippen LogP contribution >= 0.6 is 0 Å². The smallest absolute Gasteiger partial charge is 1.00 e. The van der Waals surface area contributed by atoms with E-state index < -0.39 is 6.04 Å². The largest absolute Gasteiger partial charge is 1.00 e. The van der Waals surface area contributed by atoms with Crippen molar-refractivity contribution in [1.29, 1.82) is 0 Å². The van der Waals surface area contributed by atoms with Crippen LogP contribution in [0.25, 0.3) is 0 Å². The molecule has 0 radical (unpaired) electrons. The number of hydrogen-bond donors (Lipinski definition) is 2. The fourth-order valence-electron chi connectivity index (χ4n) is 1.11. The summed E-state index contributed by atoms with van der Waals surface area (Å²) in [6.45, 7) is 0. The second kappa shape index (κ2) is 11.1. The zero-order valence-electron chi connectivity index (χ0n) is 8.94. The van der Waals surface area contributed by atoms with Crippen LogP contribution in [0.2, 0.25) is 10.1 Å². The summed E-state index contributed by atoms with van der Waals surface area (Å²) < 4.78 is 9.00. The first-order chi connectivity index (χ1) is 7.13. The summed E-state index contributed by atoms with van der Waals surface area (Å²) in [6.07, 6.45) is 2.09. The monoisotopic (exact) mass is 322 g/mol. The van der Waals surface area contributed by atoms with Gasteiger partial charge in [-0.25, -0.2) is 0 Å². The Morgan fingerprint density at radius 1 is 1.50 bits per heavy atom. The van der Waals surface area contributed by atoms with Gasteiger partial charge in [-0.05, 0) is 0 Å². The molecule has 1 unspecified atom stereocenters. The van der Waals surface area contributed by atoms with Crippen molar-refractivity contribution in [3.8, 4) is 0 Å². The first-order valence-electron chi connectivity index (χ1n) is 4.14. The van der Waals surface area contributed by atoms with Crippen molar-refractivity contribution in [2.75, 3.05) is 0 Å². The van der Waals surface area contributed by atoms with Gasteiger partial charge in [-0.2, -0.15) is 5.96 Å². The summed E-state index contributed by atoms with van der Waals surface area (Å²) in [5.41, 5.74) is 5.33. The van der Waals surface area contributed by atoms with E-state index in [9.17, 15) is 14.4 Å². The van der Waals surface area contributed by atoms with Gasteiger partial charge in [-0.1, -0.05) is 0 Å². The summed E-state index contributed by atoms with van der Waals surface area (Å²) in [5, 5.41) is 0.500. The second-order valence-electron chi connectivity index (χ2n) is 2.93. The first-order valence-corrected chi connectivity index (χ1v) is 6.34. The number of nitrogens with two attached hydrogens (primary N) is 2. The third kappa shape index (κ3) is 7.36. The molecule has 8 heteroatoms.